The van der Waals surface area contributed by atoms with Crippen LogP contribution in [0.2, 0.25) is 0 Å². The summed E-state index contributed by atoms with van der Waals surface area (Å²) in [6.07, 6.45) is 0. The predicted octanol–water partition coefficient (Wildman–Crippen LogP) is 1.22. The third-order valence-corrected chi connectivity index (χ3v) is 7.17. The van der Waals surface area contributed by atoms with Crippen molar-refractivity contribution in [1.29, 1.82) is 0 Å². The molecule has 10 heteroatoms. The van der Waals surface area contributed by atoms with E-state index in [2.05, 4.69) is 23.5 Å². The van der Waals surface area contributed by atoms with E-state index in [1.165, 1.54) is 21.3 Å². The van der Waals surface area contributed by atoms with Crippen LogP contribution in [-0.4, -0.2) is 79.3 Å². The van der Waals surface area contributed by atoms with Crippen LogP contribution in [0.5, 0.6) is 0 Å². The van der Waals surface area contributed by atoms with Crippen LogP contribution in [0, 0.1) is 0 Å². The van der Waals surface area contributed by atoms with Crippen molar-refractivity contribution >= 4 is 18.4 Å². The maximum absolute atomic E-state index is 14.2. The van der Waals surface area contributed by atoms with Crippen LogP contribution in [0.1, 0.15) is 0 Å². The topological polar surface area (TPSA) is 55.4 Å². The summed E-state index contributed by atoms with van der Waals surface area (Å²) >= 11 is -8.94. The van der Waals surface area contributed by atoms with Crippen LogP contribution < -0.4 is 0 Å². The number of hydrogen-bond donors (Lipinski definition) is 0. The summed E-state index contributed by atoms with van der Waals surface area (Å²) in [6.45, 7) is -2.73. The fourth-order valence-corrected chi connectivity index (χ4v) is 4.89. The molecule has 0 aliphatic carbocycles. The minimum absolute atomic E-state index is 0.219. The van der Waals surface area contributed by atoms with Crippen LogP contribution in [-0.2, 0) is 23.5 Å². The van der Waals surface area contributed by atoms with Crippen molar-refractivity contribution in [3.05, 3.63) is 0 Å². The standard InChI is InChI=1S/C9H21F3O6Te/c1-13-4-7-16-19(10,11,12,17-8-5-14-2)18-9-6-15-3/h4-9H2,1-3H3. The molecule has 0 unspecified atom stereocenters. The number of ether oxygens (including phenoxy) is 3. The van der Waals surface area contributed by atoms with Gasteiger partial charge < -0.3 is 0 Å². The quantitative estimate of drug-likeness (QED) is 0.357. The third kappa shape index (κ3) is 8.27. The molecule has 0 aliphatic rings. The molecule has 0 aromatic carbocycles. The second-order valence-electron chi connectivity index (χ2n) is 3.39. The van der Waals surface area contributed by atoms with Gasteiger partial charge in [0.15, 0.2) is 0 Å². The van der Waals surface area contributed by atoms with Gasteiger partial charge in [-0.25, -0.2) is 0 Å². The van der Waals surface area contributed by atoms with Gasteiger partial charge in [0.25, 0.3) is 0 Å². The molecule has 0 aromatic rings. The summed E-state index contributed by atoms with van der Waals surface area (Å²) in [7, 11) is 3.80. The zero-order valence-corrected chi connectivity index (χ0v) is 13.6. The van der Waals surface area contributed by atoms with E-state index in [-0.39, 0.29) is 19.8 Å². The second-order valence-corrected chi connectivity index (χ2v) is 10.8. The first kappa shape index (κ1) is 19.3. The Labute approximate surface area is 112 Å². The Morgan fingerprint density at radius 2 is 0.842 bits per heavy atom. The molecule has 0 saturated heterocycles. The zero-order valence-electron chi connectivity index (χ0n) is 11.2. The molecule has 0 saturated carbocycles. The van der Waals surface area contributed by atoms with E-state index >= 15 is 0 Å². The molecule has 0 amide bonds. The molecule has 0 heterocycles. The summed E-state index contributed by atoms with van der Waals surface area (Å²) in [4.78, 5) is 0. The first-order valence-corrected chi connectivity index (χ1v) is 10.9. The molecule has 0 bridgehead atoms. The molecular formula is C9H21F3O6Te. The van der Waals surface area contributed by atoms with E-state index < -0.39 is 38.2 Å². The SMILES string of the molecule is COCCO[Te](F)(F)(F)(OCCOC)OCCOC. The van der Waals surface area contributed by atoms with Gasteiger partial charge in [0.1, 0.15) is 0 Å². The van der Waals surface area contributed by atoms with Crippen LogP contribution >= 0.6 is 0 Å². The molecule has 0 N–H and O–H groups in total. The predicted molar refractivity (Wildman–Crippen MR) is 62.6 cm³/mol. The minimum atomic E-state index is -8.94. The van der Waals surface area contributed by atoms with Gasteiger partial charge in [-0.15, -0.1) is 0 Å². The molecule has 0 fully saturated rings. The monoisotopic (exact) mass is 412 g/mol. The van der Waals surface area contributed by atoms with Gasteiger partial charge in [0, 0.05) is 0 Å². The Hall–Kier alpha value is 0.340. The zero-order chi connectivity index (χ0) is 14.9. The second kappa shape index (κ2) is 7.38. The van der Waals surface area contributed by atoms with Crippen molar-refractivity contribution in [2.75, 3.05) is 61.0 Å². The van der Waals surface area contributed by atoms with Crippen molar-refractivity contribution in [2.45, 2.75) is 0 Å². The van der Waals surface area contributed by atoms with Crippen molar-refractivity contribution < 1.29 is 32.2 Å². The number of rotatable bonds is 12. The Morgan fingerprint density at radius 3 is 1.05 bits per heavy atom. The third-order valence-electron chi connectivity index (χ3n) is 1.80. The van der Waals surface area contributed by atoms with Crippen LogP contribution in [0.4, 0.5) is 8.68 Å². The van der Waals surface area contributed by atoms with Gasteiger partial charge in [0.2, 0.25) is 0 Å². The van der Waals surface area contributed by atoms with Gasteiger partial charge in [-0.3, -0.25) is 0 Å². The molecule has 0 aliphatic heterocycles. The normalized spacial score (nSPS) is 16.1. The number of methoxy groups -OCH3 is 3. The van der Waals surface area contributed by atoms with Gasteiger partial charge >= 0.3 is 112 Å². The Kier molecular flexibility index (Phi) is 7.51. The van der Waals surface area contributed by atoms with E-state index in [1.54, 1.807) is 0 Å². The molecule has 0 rings (SSSR count). The van der Waals surface area contributed by atoms with Crippen LogP contribution in [0.15, 0.2) is 0 Å². The van der Waals surface area contributed by atoms with E-state index in [0.717, 1.165) is 0 Å². The summed E-state index contributed by atoms with van der Waals surface area (Å²) in [6, 6.07) is 0. The van der Waals surface area contributed by atoms with Gasteiger partial charge in [-0.1, -0.05) is 0 Å². The molecule has 0 aromatic heterocycles. The Balaban J connectivity index is 4.72. The van der Waals surface area contributed by atoms with Crippen molar-refractivity contribution in [1.82, 2.24) is 0 Å². The van der Waals surface area contributed by atoms with Gasteiger partial charge in [0.05, 0.1) is 0 Å². The molecule has 0 radical (unpaired) electrons. The van der Waals surface area contributed by atoms with E-state index in [0.29, 0.717) is 0 Å². The van der Waals surface area contributed by atoms with Crippen molar-refractivity contribution in [2.24, 2.45) is 0 Å². The van der Waals surface area contributed by atoms with Crippen molar-refractivity contribution in [3.8, 4) is 0 Å². The Morgan fingerprint density at radius 1 is 0.579 bits per heavy atom. The molecule has 6 nitrogen and oxygen atoms in total. The average Bonchev–Trinajstić information content (AvgIpc) is 2.29. The summed E-state index contributed by atoms with van der Waals surface area (Å²) in [5.41, 5.74) is 0. The molecule has 120 valence electrons. The van der Waals surface area contributed by atoms with E-state index in [1.807, 2.05) is 0 Å². The molecular weight excluding hydrogens is 389 g/mol. The average molecular weight is 410 g/mol. The Bertz CT molecular complexity index is 232. The molecule has 0 atom stereocenters. The number of hydrogen-bond acceptors (Lipinski definition) is 6. The van der Waals surface area contributed by atoms with E-state index in [4.69, 9.17) is 0 Å². The molecule has 19 heavy (non-hydrogen) atoms. The first-order valence-electron chi connectivity index (χ1n) is 5.42. The van der Waals surface area contributed by atoms with E-state index in [9.17, 15) is 8.68 Å². The number of halogens is 3. The maximum atomic E-state index is 14.2. The first-order chi connectivity index (χ1) is 8.71. The summed E-state index contributed by atoms with van der Waals surface area (Å²) in [5, 5.41) is 0. The van der Waals surface area contributed by atoms with Gasteiger partial charge in [-0.05, 0) is 0 Å². The fourth-order valence-electron chi connectivity index (χ4n) is 0.942. The fraction of sp³-hybridized carbons (Fsp3) is 1.00. The van der Waals surface area contributed by atoms with Crippen molar-refractivity contribution in [3.63, 3.8) is 0 Å². The van der Waals surface area contributed by atoms with Crippen LogP contribution in [0.3, 0.4) is 0 Å². The van der Waals surface area contributed by atoms with Gasteiger partial charge in [-0.2, -0.15) is 0 Å². The molecule has 0 spiro atoms. The summed E-state index contributed by atoms with van der Waals surface area (Å²) in [5.74, 6) is 0. The summed E-state index contributed by atoms with van der Waals surface area (Å²) < 4.78 is 68.2. The van der Waals surface area contributed by atoms with Crippen LogP contribution in [0.25, 0.3) is 0 Å².